The maximum Gasteiger partial charge on any atom is 0.347 e. The standard InChI is InChI=1S/C26H23ClN4O4S/c27-17-35-26(34)21-22(29-11-13-30(14-12-29)24(32)20-9-5-15-36-20)19-8-4-10-28-23(19)31(25(21)33)16-18-6-2-1-3-7-18/h1-10,15H,11-14,16-17H2. The molecule has 10 heteroatoms. The van der Waals surface area contributed by atoms with E-state index >= 15 is 0 Å². The van der Waals surface area contributed by atoms with E-state index in [1.807, 2.05) is 58.8 Å². The molecule has 1 saturated heterocycles. The topological polar surface area (TPSA) is 84.7 Å². The van der Waals surface area contributed by atoms with Crippen molar-refractivity contribution < 1.29 is 14.3 Å². The summed E-state index contributed by atoms with van der Waals surface area (Å²) in [6.07, 6.45) is 1.63. The van der Waals surface area contributed by atoms with Gasteiger partial charge in [-0.05, 0) is 29.1 Å². The molecule has 0 radical (unpaired) electrons. The van der Waals surface area contributed by atoms with Crippen LogP contribution in [0, 0.1) is 0 Å². The lowest BCUT2D eigenvalue weighted by Crippen LogP contribution is -2.49. The molecule has 8 nitrogen and oxygen atoms in total. The Kier molecular flexibility index (Phi) is 7.02. The van der Waals surface area contributed by atoms with Gasteiger partial charge in [0.05, 0.1) is 17.1 Å². The minimum atomic E-state index is -0.783. The summed E-state index contributed by atoms with van der Waals surface area (Å²) in [5, 5.41) is 2.54. The predicted molar refractivity (Wildman–Crippen MR) is 140 cm³/mol. The number of hydrogen-bond acceptors (Lipinski definition) is 7. The van der Waals surface area contributed by atoms with Crippen LogP contribution in [0.5, 0.6) is 0 Å². The molecule has 0 saturated carbocycles. The number of carbonyl (C=O) groups is 2. The molecule has 1 amide bonds. The number of thiophene rings is 1. The van der Waals surface area contributed by atoms with E-state index in [-0.39, 0.29) is 24.1 Å². The predicted octanol–water partition coefficient (Wildman–Crippen LogP) is 3.82. The summed E-state index contributed by atoms with van der Waals surface area (Å²) in [6.45, 7) is 2.05. The van der Waals surface area contributed by atoms with Gasteiger partial charge in [0.15, 0.2) is 6.07 Å². The minimum absolute atomic E-state index is 0.0174. The summed E-state index contributed by atoms with van der Waals surface area (Å²) in [5.74, 6) is -0.800. The molecule has 0 N–H and O–H groups in total. The van der Waals surface area contributed by atoms with Crippen LogP contribution in [-0.4, -0.2) is 58.6 Å². The number of piperazine rings is 1. The lowest BCUT2D eigenvalue weighted by atomic mass is 10.1. The zero-order valence-corrected chi connectivity index (χ0v) is 20.9. The first kappa shape index (κ1) is 24.0. The lowest BCUT2D eigenvalue weighted by Gasteiger charge is -2.37. The Hall–Kier alpha value is -3.69. The fourth-order valence-electron chi connectivity index (χ4n) is 4.50. The van der Waals surface area contributed by atoms with Crippen LogP contribution in [0.25, 0.3) is 11.0 Å². The highest BCUT2D eigenvalue weighted by molar-refractivity contribution is 7.12. The maximum atomic E-state index is 13.8. The van der Waals surface area contributed by atoms with Gasteiger partial charge in [0.1, 0.15) is 11.2 Å². The van der Waals surface area contributed by atoms with Crippen molar-refractivity contribution in [3.63, 3.8) is 0 Å². The zero-order chi connectivity index (χ0) is 25.1. The Balaban J connectivity index is 1.57. The molecule has 0 atom stereocenters. The second kappa shape index (κ2) is 10.5. The fraction of sp³-hybridized carbons (Fsp3) is 0.231. The largest absolute Gasteiger partial charge is 0.446 e. The lowest BCUT2D eigenvalue weighted by molar-refractivity contribution is 0.0571. The Labute approximate surface area is 216 Å². The number of halogens is 1. The average molecular weight is 523 g/mol. The molecule has 0 aliphatic carbocycles. The molecule has 184 valence electrons. The van der Waals surface area contributed by atoms with Crippen molar-refractivity contribution in [3.8, 4) is 0 Å². The number of nitrogens with zero attached hydrogens (tertiary/aromatic N) is 4. The monoisotopic (exact) mass is 522 g/mol. The van der Waals surface area contributed by atoms with Gasteiger partial charge in [0.25, 0.3) is 11.5 Å². The first-order chi connectivity index (χ1) is 17.6. The van der Waals surface area contributed by atoms with Crippen LogP contribution in [0.3, 0.4) is 0 Å². The summed E-state index contributed by atoms with van der Waals surface area (Å²) >= 11 is 7.12. The molecule has 0 bridgehead atoms. The molecule has 0 spiro atoms. The molecule has 4 heterocycles. The first-order valence-corrected chi connectivity index (χ1v) is 12.9. The maximum absolute atomic E-state index is 13.8. The van der Waals surface area contributed by atoms with Crippen molar-refractivity contribution in [2.24, 2.45) is 0 Å². The normalized spacial score (nSPS) is 13.7. The third-order valence-corrected chi connectivity index (χ3v) is 7.15. The average Bonchev–Trinajstić information content (AvgIpc) is 3.45. The van der Waals surface area contributed by atoms with E-state index < -0.39 is 11.5 Å². The van der Waals surface area contributed by atoms with Crippen molar-refractivity contribution in [1.29, 1.82) is 0 Å². The number of pyridine rings is 2. The third-order valence-electron chi connectivity index (χ3n) is 6.18. The van der Waals surface area contributed by atoms with Gasteiger partial charge >= 0.3 is 5.97 Å². The van der Waals surface area contributed by atoms with Gasteiger partial charge in [-0.25, -0.2) is 9.78 Å². The van der Waals surface area contributed by atoms with Gasteiger partial charge in [0.2, 0.25) is 0 Å². The van der Waals surface area contributed by atoms with Gasteiger partial charge in [0, 0.05) is 37.8 Å². The molecule has 1 aliphatic rings. The van der Waals surface area contributed by atoms with Crippen LogP contribution in [0.1, 0.15) is 25.6 Å². The van der Waals surface area contributed by atoms with Gasteiger partial charge < -0.3 is 14.5 Å². The molecule has 0 unspecified atom stereocenters. The van der Waals surface area contributed by atoms with E-state index in [0.29, 0.717) is 47.8 Å². The summed E-state index contributed by atoms with van der Waals surface area (Å²) in [7, 11) is 0. The number of ether oxygens (including phenoxy) is 1. The van der Waals surface area contributed by atoms with Gasteiger partial charge in [-0.1, -0.05) is 48.0 Å². The molecular weight excluding hydrogens is 500 g/mol. The van der Waals surface area contributed by atoms with E-state index in [1.165, 1.54) is 15.9 Å². The number of anilines is 1. The van der Waals surface area contributed by atoms with E-state index in [2.05, 4.69) is 4.98 Å². The van der Waals surface area contributed by atoms with Crippen molar-refractivity contribution in [2.75, 3.05) is 37.1 Å². The first-order valence-electron chi connectivity index (χ1n) is 11.4. The number of alkyl halides is 1. The molecule has 3 aromatic heterocycles. The van der Waals surface area contributed by atoms with Crippen molar-refractivity contribution in [3.05, 3.63) is 92.5 Å². The summed E-state index contributed by atoms with van der Waals surface area (Å²) in [4.78, 5) is 48.6. The number of hydrogen-bond donors (Lipinski definition) is 0. The van der Waals surface area contributed by atoms with E-state index in [4.69, 9.17) is 16.3 Å². The highest BCUT2D eigenvalue weighted by Gasteiger charge is 2.31. The van der Waals surface area contributed by atoms with Crippen LogP contribution in [0.2, 0.25) is 0 Å². The van der Waals surface area contributed by atoms with E-state index in [9.17, 15) is 14.4 Å². The number of rotatable bonds is 6. The number of carbonyl (C=O) groups excluding carboxylic acids is 2. The smallest absolute Gasteiger partial charge is 0.347 e. The van der Waals surface area contributed by atoms with Crippen molar-refractivity contribution >= 4 is 51.5 Å². The van der Waals surface area contributed by atoms with E-state index in [0.717, 1.165) is 5.56 Å². The zero-order valence-electron chi connectivity index (χ0n) is 19.3. The molecule has 1 aliphatic heterocycles. The number of benzene rings is 1. The van der Waals surface area contributed by atoms with Crippen LogP contribution in [0.15, 0.2) is 71.0 Å². The van der Waals surface area contributed by atoms with Crippen LogP contribution >= 0.6 is 22.9 Å². The molecule has 5 rings (SSSR count). The summed E-state index contributed by atoms with van der Waals surface area (Å²) in [6, 6.07) is 16.4. The Morgan fingerprint density at radius 1 is 1.00 bits per heavy atom. The molecule has 1 aromatic carbocycles. The SMILES string of the molecule is O=C(OCCl)c1c(N2CCN(C(=O)c3cccs3)CC2)c2cccnc2n(Cc2ccccc2)c1=O. The number of esters is 1. The number of fused-ring (bicyclic) bond motifs is 1. The fourth-order valence-corrected chi connectivity index (χ4v) is 5.29. The number of aromatic nitrogens is 2. The summed E-state index contributed by atoms with van der Waals surface area (Å²) < 4.78 is 6.60. The van der Waals surface area contributed by atoms with Crippen molar-refractivity contribution in [2.45, 2.75) is 6.54 Å². The van der Waals surface area contributed by atoms with Crippen LogP contribution in [-0.2, 0) is 11.3 Å². The molecule has 36 heavy (non-hydrogen) atoms. The van der Waals surface area contributed by atoms with Crippen LogP contribution in [0.4, 0.5) is 5.69 Å². The molecule has 4 aromatic rings. The molecular formula is C26H23ClN4O4S. The molecule has 1 fully saturated rings. The van der Waals surface area contributed by atoms with Crippen LogP contribution < -0.4 is 10.5 Å². The Morgan fingerprint density at radius 2 is 1.78 bits per heavy atom. The van der Waals surface area contributed by atoms with Gasteiger partial charge in [-0.15, -0.1) is 11.3 Å². The second-order valence-corrected chi connectivity index (χ2v) is 9.44. The Bertz CT molecular complexity index is 1450. The number of amides is 1. The summed E-state index contributed by atoms with van der Waals surface area (Å²) in [5.41, 5.74) is 1.26. The van der Waals surface area contributed by atoms with E-state index in [1.54, 1.807) is 17.2 Å². The highest BCUT2D eigenvalue weighted by Crippen LogP contribution is 2.30. The second-order valence-electron chi connectivity index (χ2n) is 8.27. The highest BCUT2D eigenvalue weighted by atomic mass is 35.5. The van der Waals surface area contributed by atoms with Gasteiger partial charge in [-0.2, -0.15) is 0 Å². The van der Waals surface area contributed by atoms with Gasteiger partial charge in [-0.3, -0.25) is 14.2 Å². The minimum Gasteiger partial charge on any atom is -0.446 e. The van der Waals surface area contributed by atoms with Crippen molar-refractivity contribution in [1.82, 2.24) is 14.5 Å². The quantitative estimate of drug-likeness (QED) is 0.283. The Morgan fingerprint density at radius 3 is 2.47 bits per heavy atom. The third kappa shape index (κ3) is 4.59.